The molecule has 1 aromatic heterocycles. The van der Waals surface area contributed by atoms with Gasteiger partial charge in [-0.25, -0.2) is 4.98 Å². The van der Waals surface area contributed by atoms with E-state index in [4.69, 9.17) is 4.98 Å². The minimum Gasteiger partial charge on any atom is -0.347 e. The monoisotopic (exact) mass is 485 g/mol. The van der Waals surface area contributed by atoms with Gasteiger partial charge in [0, 0.05) is 22.0 Å². The highest BCUT2D eigenvalue weighted by Crippen LogP contribution is 2.40. The van der Waals surface area contributed by atoms with Crippen molar-refractivity contribution in [2.45, 2.75) is 38.5 Å². The van der Waals surface area contributed by atoms with Crippen molar-refractivity contribution >= 4 is 55.0 Å². The standard InChI is InChI=1S/C23H24BrN3O2S/c1-14-12-15(24)10-11-18(14)26-21(28)13-25-22(29)16-6-2-3-7-17(16)23-27-19-8-4-5-9-20(19)30-23/h4-5,8-12,16-17H,2-3,6-7,13H2,1H3,(H,25,29)(H,26,28)/t16-,17+/m1/s1. The maximum atomic E-state index is 12.9. The van der Waals surface area contributed by atoms with Crippen LogP contribution in [-0.2, 0) is 9.59 Å². The summed E-state index contributed by atoms with van der Waals surface area (Å²) in [6, 6.07) is 13.8. The van der Waals surface area contributed by atoms with Crippen molar-refractivity contribution in [2.75, 3.05) is 11.9 Å². The van der Waals surface area contributed by atoms with Crippen LogP contribution in [0.3, 0.4) is 0 Å². The molecular weight excluding hydrogens is 462 g/mol. The summed E-state index contributed by atoms with van der Waals surface area (Å²) in [7, 11) is 0. The second-order valence-electron chi connectivity index (χ2n) is 7.74. The van der Waals surface area contributed by atoms with Gasteiger partial charge in [0.1, 0.15) is 0 Å². The van der Waals surface area contributed by atoms with Gasteiger partial charge in [0.15, 0.2) is 0 Å². The number of nitrogens with zero attached hydrogens (tertiary/aromatic N) is 1. The number of para-hydroxylation sites is 1. The summed E-state index contributed by atoms with van der Waals surface area (Å²) in [5, 5.41) is 6.76. The molecule has 4 rings (SSSR count). The summed E-state index contributed by atoms with van der Waals surface area (Å²) in [6.45, 7) is 1.90. The Balaban J connectivity index is 1.40. The number of amides is 2. The van der Waals surface area contributed by atoms with Gasteiger partial charge in [-0.2, -0.15) is 0 Å². The van der Waals surface area contributed by atoms with Crippen LogP contribution in [0.15, 0.2) is 46.9 Å². The minimum absolute atomic E-state index is 0.0304. The first-order valence-corrected chi connectivity index (χ1v) is 11.8. The molecule has 2 N–H and O–H groups in total. The van der Waals surface area contributed by atoms with Gasteiger partial charge in [0.05, 0.1) is 21.8 Å². The van der Waals surface area contributed by atoms with Crippen LogP contribution in [0, 0.1) is 12.8 Å². The van der Waals surface area contributed by atoms with Crippen molar-refractivity contribution in [3.8, 4) is 0 Å². The number of anilines is 1. The molecule has 0 bridgehead atoms. The summed E-state index contributed by atoms with van der Waals surface area (Å²) in [4.78, 5) is 30.1. The zero-order valence-electron chi connectivity index (χ0n) is 16.8. The molecule has 0 saturated heterocycles. The Bertz CT molecular complexity index is 1050. The Morgan fingerprint density at radius 2 is 1.97 bits per heavy atom. The number of nitrogens with one attached hydrogen (secondary N) is 2. The molecule has 2 aromatic carbocycles. The summed E-state index contributed by atoms with van der Waals surface area (Å²) in [5.74, 6) is -0.294. The van der Waals surface area contributed by atoms with Gasteiger partial charge in [0.25, 0.3) is 0 Å². The predicted molar refractivity (Wildman–Crippen MR) is 125 cm³/mol. The van der Waals surface area contributed by atoms with E-state index in [9.17, 15) is 9.59 Å². The van der Waals surface area contributed by atoms with Crippen LogP contribution in [0.25, 0.3) is 10.2 Å². The van der Waals surface area contributed by atoms with Gasteiger partial charge in [0.2, 0.25) is 11.8 Å². The maximum Gasteiger partial charge on any atom is 0.243 e. The normalized spacial score (nSPS) is 18.9. The molecule has 3 aromatic rings. The molecule has 0 aliphatic heterocycles. The van der Waals surface area contributed by atoms with Gasteiger partial charge in [-0.15, -0.1) is 11.3 Å². The SMILES string of the molecule is Cc1cc(Br)ccc1NC(=O)CNC(=O)[C@@H]1CCCC[C@@H]1c1nc2ccccc2s1. The molecule has 7 heteroatoms. The zero-order valence-corrected chi connectivity index (χ0v) is 19.2. The molecule has 2 atom stereocenters. The van der Waals surface area contributed by atoms with Crippen molar-refractivity contribution in [1.82, 2.24) is 10.3 Å². The number of aryl methyl sites for hydroxylation is 1. The first-order valence-electron chi connectivity index (χ1n) is 10.2. The van der Waals surface area contributed by atoms with Crippen LogP contribution in [0.4, 0.5) is 5.69 Å². The molecule has 30 heavy (non-hydrogen) atoms. The lowest BCUT2D eigenvalue weighted by molar-refractivity contribution is -0.128. The van der Waals surface area contributed by atoms with Crippen molar-refractivity contribution in [3.63, 3.8) is 0 Å². The molecule has 5 nitrogen and oxygen atoms in total. The highest BCUT2D eigenvalue weighted by Gasteiger charge is 2.34. The predicted octanol–water partition coefficient (Wildman–Crippen LogP) is 5.40. The fraction of sp³-hybridized carbons (Fsp3) is 0.348. The number of carbonyl (C=O) groups excluding carboxylic acids is 2. The van der Waals surface area contributed by atoms with Gasteiger partial charge >= 0.3 is 0 Å². The van der Waals surface area contributed by atoms with Crippen LogP contribution < -0.4 is 10.6 Å². The smallest absolute Gasteiger partial charge is 0.243 e. The van der Waals surface area contributed by atoms with E-state index in [-0.39, 0.29) is 30.2 Å². The molecule has 1 aliphatic carbocycles. The second kappa shape index (κ2) is 9.27. The third-order valence-electron chi connectivity index (χ3n) is 5.62. The molecule has 1 fully saturated rings. The number of hydrogen-bond acceptors (Lipinski definition) is 4. The van der Waals surface area contributed by atoms with Crippen LogP contribution >= 0.6 is 27.3 Å². The Hall–Kier alpha value is -2.25. The Morgan fingerprint density at radius 1 is 1.17 bits per heavy atom. The molecule has 1 heterocycles. The van der Waals surface area contributed by atoms with Crippen molar-refractivity contribution in [2.24, 2.45) is 5.92 Å². The number of aromatic nitrogens is 1. The Morgan fingerprint density at radius 3 is 2.77 bits per heavy atom. The van der Waals surface area contributed by atoms with Crippen molar-refractivity contribution in [1.29, 1.82) is 0 Å². The average molecular weight is 486 g/mol. The molecule has 2 amide bonds. The molecule has 1 aliphatic rings. The lowest BCUT2D eigenvalue weighted by Crippen LogP contribution is -2.39. The van der Waals surface area contributed by atoms with Crippen LogP contribution in [0.5, 0.6) is 0 Å². The third-order valence-corrected chi connectivity index (χ3v) is 7.28. The van der Waals surface area contributed by atoms with E-state index in [2.05, 4.69) is 32.6 Å². The molecule has 0 unspecified atom stereocenters. The van der Waals surface area contributed by atoms with Gasteiger partial charge < -0.3 is 10.6 Å². The number of benzene rings is 2. The van der Waals surface area contributed by atoms with Gasteiger partial charge in [-0.3, -0.25) is 9.59 Å². The number of fused-ring (bicyclic) bond motifs is 1. The second-order valence-corrected chi connectivity index (χ2v) is 9.72. The van der Waals surface area contributed by atoms with Crippen LogP contribution in [0.2, 0.25) is 0 Å². The molecule has 156 valence electrons. The van der Waals surface area contributed by atoms with Crippen LogP contribution in [-0.4, -0.2) is 23.3 Å². The molecule has 0 spiro atoms. The fourth-order valence-electron chi connectivity index (χ4n) is 4.05. The first kappa shape index (κ1) is 21.0. The lowest BCUT2D eigenvalue weighted by atomic mass is 9.79. The number of thiazole rings is 1. The van der Waals surface area contributed by atoms with Crippen LogP contribution in [0.1, 0.15) is 42.2 Å². The molecular formula is C23H24BrN3O2S. The summed E-state index contributed by atoms with van der Waals surface area (Å²) >= 11 is 5.10. The number of carbonyl (C=O) groups is 2. The van der Waals surface area contributed by atoms with E-state index in [0.717, 1.165) is 56.6 Å². The van der Waals surface area contributed by atoms with Crippen molar-refractivity contribution < 1.29 is 9.59 Å². The number of hydrogen-bond donors (Lipinski definition) is 2. The van der Waals surface area contributed by atoms with Crippen molar-refractivity contribution in [3.05, 3.63) is 57.5 Å². The number of rotatable bonds is 5. The Labute approximate surface area is 188 Å². The summed E-state index contributed by atoms with van der Waals surface area (Å²) in [6.07, 6.45) is 3.93. The largest absolute Gasteiger partial charge is 0.347 e. The van der Waals surface area contributed by atoms with E-state index in [1.807, 2.05) is 43.3 Å². The minimum atomic E-state index is -0.221. The van der Waals surface area contributed by atoms with E-state index < -0.39 is 0 Å². The molecule has 0 radical (unpaired) electrons. The summed E-state index contributed by atoms with van der Waals surface area (Å²) in [5.41, 5.74) is 2.71. The van der Waals surface area contributed by atoms with E-state index in [0.29, 0.717) is 0 Å². The quantitative estimate of drug-likeness (QED) is 0.508. The highest BCUT2D eigenvalue weighted by atomic mass is 79.9. The highest BCUT2D eigenvalue weighted by molar-refractivity contribution is 9.10. The number of halogens is 1. The Kier molecular flexibility index (Phi) is 6.49. The maximum absolute atomic E-state index is 12.9. The molecule has 1 saturated carbocycles. The van der Waals surface area contributed by atoms with E-state index in [1.165, 1.54) is 0 Å². The van der Waals surface area contributed by atoms with Gasteiger partial charge in [-0.1, -0.05) is 40.9 Å². The first-order chi connectivity index (χ1) is 14.5. The van der Waals surface area contributed by atoms with E-state index >= 15 is 0 Å². The van der Waals surface area contributed by atoms with Gasteiger partial charge in [-0.05, 0) is 55.7 Å². The zero-order chi connectivity index (χ0) is 21.1. The lowest BCUT2D eigenvalue weighted by Gasteiger charge is -2.29. The fourth-order valence-corrected chi connectivity index (χ4v) is 5.69. The third kappa shape index (κ3) is 4.73. The topological polar surface area (TPSA) is 71.1 Å². The van der Waals surface area contributed by atoms with E-state index in [1.54, 1.807) is 11.3 Å². The summed E-state index contributed by atoms with van der Waals surface area (Å²) < 4.78 is 2.12. The average Bonchev–Trinajstić information content (AvgIpc) is 3.18.